The minimum absolute atomic E-state index is 0. The van der Waals surface area contributed by atoms with Crippen molar-refractivity contribution in [3.63, 3.8) is 0 Å². The number of benzene rings is 4. The summed E-state index contributed by atoms with van der Waals surface area (Å²) in [6, 6.07) is 31.5. The van der Waals surface area contributed by atoms with Crippen molar-refractivity contribution < 1.29 is 20.1 Å². The van der Waals surface area contributed by atoms with Crippen LogP contribution in [-0.4, -0.2) is 14.1 Å². The molecule has 4 heteroatoms. The van der Waals surface area contributed by atoms with E-state index in [2.05, 4.69) is 117 Å². The zero-order chi connectivity index (χ0) is 25.7. The van der Waals surface area contributed by atoms with Crippen molar-refractivity contribution in [2.75, 3.05) is 0 Å². The van der Waals surface area contributed by atoms with E-state index in [4.69, 9.17) is 4.98 Å². The molecular weight excluding hydrogens is 643 g/mol. The number of rotatable bonds is 6. The molecule has 0 saturated heterocycles. The molecule has 0 aliphatic rings. The Balaban J connectivity index is 0.00000294. The number of imidazole rings is 1. The first kappa shape index (κ1) is 26.4. The molecule has 195 valence electrons. The first-order valence-electron chi connectivity index (χ1n) is 13.4. The number of para-hydroxylation sites is 3. The molecule has 2 heterocycles. The summed E-state index contributed by atoms with van der Waals surface area (Å²) >= 11 is 0. The quantitative estimate of drug-likeness (QED) is 0.162. The van der Waals surface area contributed by atoms with Crippen LogP contribution in [0.5, 0.6) is 0 Å². The maximum Gasteiger partial charge on any atom is 0.0774 e. The van der Waals surface area contributed by atoms with Gasteiger partial charge in [0, 0.05) is 54.6 Å². The van der Waals surface area contributed by atoms with Crippen molar-refractivity contribution in [1.29, 1.82) is 0 Å². The van der Waals surface area contributed by atoms with Crippen LogP contribution in [0.1, 0.15) is 38.8 Å². The van der Waals surface area contributed by atoms with Crippen molar-refractivity contribution in [3.8, 4) is 17.1 Å². The molecule has 6 aromatic rings. The van der Waals surface area contributed by atoms with Gasteiger partial charge >= 0.3 is 0 Å². The second-order valence-corrected chi connectivity index (χ2v) is 11.1. The van der Waals surface area contributed by atoms with Gasteiger partial charge < -0.3 is 9.13 Å². The van der Waals surface area contributed by atoms with Crippen LogP contribution >= 0.6 is 0 Å². The molecule has 0 N–H and O–H groups in total. The van der Waals surface area contributed by atoms with E-state index in [-0.39, 0.29) is 20.1 Å². The summed E-state index contributed by atoms with van der Waals surface area (Å²) in [5.41, 5.74) is 9.86. The van der Waals surface area contributed by atoms with Gasteiger partial charge in [0.1, 0.15) is 0 Å². The van der Waals surface area contributed by atoms with Crippen molar-refractivity contribution in [2.45, 2.75) is 40.5 Å². The minimum Gasteiger partial charge on any atom is -0.344 e. The molecule has 0 atom stereocenters. The Labute approximate surface area is 238 Å². The molecule has 0 saturated carbocycles. The van der Waals surface area contributed by atoms with Crippen LogP contribution < -0.4 is 0 Å². The molecule has 2 aromatic heterocycles. The van der Waals surface area contributed by atoms with Gasteiger partial charge in [-0.25, -0.2) is 0 Å². The van der Waals surface area contributed by atoms with Crippen LogP contribution in [0.4, 0.5) is 0 Å². The molecule has 0 aliphatic heterocycles. The van der Waals surface area contributed by atoms with Crippen LogP contribution in [0.15, 0.2) is 78.9 Å². The van der Waals surface area contributed by atoms with Crippen LogP contribution in [0.3, 0.4) is 0 Å². The summed E-state index contributed by atoms with van der Waals surface area (Å²) in [4.78, 5) is 5.17. The maximum absolute atomic E-state index is 5.17. The van der Waals surface area contributed by atoms with E-state index in [1.807, 2.05) is 12.1 Å². The number of aryl methyl sites for hydroxylation is 1. The Morgan fingerprint density at radius 2 is 1.47 bits per heavy atom. The average molecular weight is 677 g/mol. The van der Waals surface area contributed by atoms with Gasteiger partial charge in [-0.15, -0.1) is 35.9 Å². The molecule has 0 amide bonds. The summed E-state index contributed by atoms with van der Waals surface area (Å²) in [6.45, 7) is 9.28. The fourth-order valence-electron chi connectivity index (χ4n) is 5.89. The van der Waals surface area contributed by atoms with E-state index in [0.717, 1.165) is 35.3 Å². The molecule has 6 rings (SSSR count). The molecule has 0 bridgehead atoms. The third kappa shape index (κ3) is 4.40. The standard InChI is InChI=1S/C34H34N3.Ir/c1-22(2)19-25-21-31-32(26-15-9-11-17-29(26)36(31)5)27(20-23(3)4)33(25)37-30-18-12-10-16-28(30)35-34(37)24-13-7-6-8-14-24;/h6-13,15-18,21-23H,19-20H2,1-5H3;/q-1;. The number of hydrogen-bond acceptors (Lipinski definition) is 1. The molecule has 4 aromatic carbocycles. The topological polar surface area (TPSA) is 22.8 Å². The van der Waals surface area contributed by atoms with Crippen LogP contribution in [0.25, 0.3) is 49.9 Å². The molecule has 0 fully saturated rings. The van der Waals surface area contributed by atoms with Gasteiger partial charge in [0.2, 0.25) is 0 Å². The number of hydrogen-bond donors (Lipinski definition) is 0. The van der Waals surface area contributed by atoms with E-state index >= 15 is 0 Å². The van der Waals surface area contributed by atoms with Crippen molar-refractivity contribution in [3.05, 3.63) is 96.1 Å². The summed E-state index contributed by atoms with van der Waals surface area (Å²) in [6.07, 6.45) is 2.00. The van der Waals surface area contributed by atoms with Gasteiger partial charge in [-0.1, -0.05) is 58.0 Å². The second-order valence-electron chi connectivity index (χ2n) is 11.1. The first-order valence-corrected chi connectivity index (χ1v) is 13.4. The smallest absolute Gasteiger partial charge is 0.0774 e. The summed E-state index contributed by atoms with van der Waals surface area (Å²) in [7, 11) is 2.21. The van der Waals surface area contributed by atoms with Crippen molar-refractivity contribution in [1.82, 2.24) is 14.1 Å². The Morgan fingerprint density at radius 3 is 2.18 bits per heavy atom. The van der Waals surface area contributed by atoms with Crippen LogP contribution in [-0.2, 0) is 40.0 Å². The van der Waals surface area contributed by atoms with Gasteiger partial charge in [-0.3, -0.25) is 4.98 Å². The molecule has 3 nitrogen and oxygen atoms in total. The van der Waals surface area contributed by atoms with Crippen molar-refractivity contribution in [2.24, 2.45) is 18.9 Å². The van der Waals surface area contributed by atoms with E-state index in [9.17, 15) is 0 Å². The molecule has 38 heavy (non-hydrogen) atoms. The molecular formula is C34H34IrN3-. The predicted molar refractivity (Wildman–Crippen MR) is 156 cm³/mol. The second kappa shape index (κ2) is 10.5. The Bertz CT molecular complexity index is 1740. The van der Waals surface area contributed by atoms with Crippen LogP contribution in [0.2, 0.25) is 0 Å². The van der Waals surface area contributed by atoms with E-state index < -0.39 is 0 Å². The molecule has 1 radical (unpaired) electrons. The van der Waals surface area contributed by atoms with E-state index in [0.29, 0.717) is 11.8 Å². The fraction of sp³-hybridized carbons (Fsp3) is 0.265. The number of nitrogens with zero attached hydrogens (tertiary/aromatic N) is 3. The average Bonchev–Trinajstić information content (AvgIpc) is 3.40. The summed E-state index contributed by atoms with van der Waals surface area (Å²) in [5, 5.41) is 2.69. The summed E-state index contributed by atoms with van der Waals surface area (Å²) in [5.74, 6) is 1.99. The van der Waals surface area contributed by atoms with Crippen LogP contribution in [0, 0.1) is 17.9 Å². The molecule has 0 spiro atoms. The van der Waals surface area contributed by atoms with E-state index in [1.165, 1.54) is 38.6 Å². The third-order valence-electron chi connectivity index (χ3n) is 7.33. The molecule has 0 aliphatic carbocycles. The zero-order valence-electron chi connectivity index (χ0n) is 22.7. The Hall–Kier alpha value is -3.20. The monoisotopic (exact) mass is 677 g/mol. The predicted octanol–water partition coefficient (Wildman–Crippen LogP) is 8.53. The maximum atomic E-state index is 5.17. The summed E-state index contributed by atoms with van der Waals surface area (Å²) < 4.78 is 4.80. The third-order valence-corrected chi connectivity index (χ3v) is 7.33. The van der Waals surface area contributed by atoms with Gasteiger partial charge in [0.15, 0.2) is 0 Å². The SMILES string of the molecule is CC(C)Cc1cc2c(c(CC(C)C)c1-n1c(-c3[c-]cccc3)nc3ccccc31)c1ccccc1n2C.[Ir]. The largest absolute Gasteiger partial charge is 0.344 e. The number of fused-ring (bicyclic) bond motifs is 4. The minimum atomic E-state index is 0. The normalized spacial score (nSPS) is 11.8. The molecule has 0 unspecified atom stereocenters. The zero-order valence-corrected chi connectivity index (χ0v) is 25.1. The first-order chi connectivity index (χ1) is 17.9. The van der Waals surface area contributed by atoms with Gasteiger partial charge in [0.25, 0.3) is 0 Å². The van der Waals surface area contributed by atoms with Gasteiger partial charge in [-0.05, 0) is 60.1 Å². The Kier molecular flexibility index (Phi) is 7.31. The van der Waals surface area contributed by atoms with E-state index in [1.54, 1.807) is 0 Å². The van der Waals surface area contributed by atoms with Gasteiger partial charge in [0.05, 0.1) is 16.9 Å². The number of aromatic nitrogens is 3. The van der Waals surface area contributed by atoms with Gasteiger partial charge in [-0.2, -0.15) is 0 Å². The van der Waals surface area contributed by atoms with Crippen molar-refractivity contribution >= 4 is 32.8 Å². The Morgan fingerprint density at radius 1 is 0.789 bits per heavy atom. The fourth-order valence-corrected chi connectivity index (χ4v) is 5.89.